The molecule has 2 atom stereocenters. The van der Waals surface area contributed by atoms with Crippen LogP contribution in [0.3, 0.4) is 0 Å². The van der Waals surface area contributed by atoms with Gasteiger partial charge in [-0.05, 0) is 6.42 Å². The SMILES string of the molecule is CCCCCC(O)(C(O)C(O)(O)O)C(O)(O)O. The summed E-state index contributed by atoms with van der Waals surface area (Å²) in [5, 5.41) is 71.9. The van der Waals surface area contributed by atoms with Crippen molar-refractivity contribution in [2.24, 2.45) is 0 Å². The second-order valence-corrected chi connectivity index (χ2v) is 4.11. The predicted octanol–water partition coefficient (Wildman–Crippen LogP) is -3.08. The molecule has 0 spiro atoms. The molecule has 0 aromatic rings. The van der Waals surface area contributed by atoms with Gasteiger partial charge in [-0.3, -0.25) is 0 Å². The minimum absolute atomic E-state index is 0.156. The Morgan fingerprint density at radius 2 is 1.35 bits per heavy atom. The molecule has 0 aliphatic heterocycles. The quantitative estimate of drug-likeness (QED) is 0.176. The topological polar surface area (TPSA) is 162 Å². The van der Waals surface area contributed by atoms with Gasteiger partial charge in [0.1, 0.15) is 0 Å². The van der Waals surface area contributed by atoms with Crippen LogP contribution in [-0.4, -0.2) is 64.5 Å². The van der Waals surface area contributed by atoms with E-state index in [1.165, 1.54) is 0 Å². The van der Waals surface area contributed by atoms with Gasteiger partial charge in [0.05, 0.1) is 0 Å². The van der Waals surface area contributed by atoms with E-state index in [2.05, 4.69) is 0 Å². The lowest BCUT2D eigenvalue weighted by Crippen LogP contribution is -2.68. The van der Waals surface area contributed by atoms with Crippen molar-refractivity contribution >= 4 is 0 Å². The molecule has 0 aromatic carbocycles. The highest BCUT2D eigenvalue weighted by Gasteiger charge is 2.59. The van der Waals surface area contributed by atoms with Crippen LogP contribution in [0.15, 0.2) is 0 Å². The van der Waals surface area contributed by atoms with E-state index in [0.717, 1.165) is 0 Å². The maximum atomic E-state index is 9.70. The largest absolute Gasteiger partial charge is 0.382 e. The first-order valence-corrected chi connectivity index (χ1v) is 5.21. The predicted molar refractivity (Wildman–Crippen MR) is 53.9 cm³/mol. The summed E-state index contributed by atoms with van der Waals surface area (Å²) in [6, 6.07) is 0. The summed E-state index contributed by atoms with van der Waals surface area (Å²) in [4.78, 5) is 0. The van der Waals surface area contributed by atoms with Crippen LogP contribution in [0.25, 0.3) is 0 Å². The molecule has 0 saturated carbocycles. The zero-order valence-electron chi connectivity index (χ0n) is 9.48. The Balaban J connectivity index is 4.99. The van der Waals surface area contributed by atoms with Crippen LogP contribution in [0.5, 0.6) is 0 Å². The summed E-state index contributed by atoms with van der Waals surface area (Å²) in [6.07, 6.45) is -1.96. The van der Waals surface area contributed by atoms with Gasteiger partial charge in [-0.15, -0.1) is 0 Å². The maximum Gasteiger partial charge on any atom is 0.309 e. The molecule has 0 amide bonds. The highest BCUT2D eigenvalue weighted by Crippen LogP contribution is 2.31. The minimum Gasteiger partial charge on any atom is -0.382 e. The van der Waals surface area contributed by atoms with E-state index >= 15 is 0 Å². The molecule has 2 unspecified atom stereocenters. The van der Waals surface area contributed by atoms with Gasteiger partial charge < -0.3 is 40.9 Å². The highest BCUT2D eigenvalue weighted by atomic mass is 16.7. The van der Waals surface area contributed by atoms with Crippen molar-refractivity contribution in [3.63, 3.8) is 0 Å². The van der Waals surface area contributed by atoms with Gasteiger partial charge in [0.25, 0.3) is 0 Å². The Kier molecular flexibility index (Phi) is 5.44. The summed E-state index contributed by atoms with van der Waals surface area (Å²) in [5.74, 6) is -7.57. The first-order valence-electron chi connectivity index (χ1n) is 5.21. The summed E-state index contributed by atoms with van der Waals surface area (Å²) in [6.45, 7) is 1.81. The van der Waals surface area contributed by atoms with Crippen LogP contribution >= 0.6 is 0 Å². The van der Waals surface area contributed by atoms with Crippen LogP contribution in [-0.2, 0) is 0 Å². The number of aliphatic hydroxyl groups is 8. The van der Waals surface area contributed by atoms with Crippen molar-refractivity contribution < 1.29 is 40.9 Å². The van der Waals surface area contributed by atoms with E-state index < -0.39 is 30.1 Å². The molecular weight excluding hydrogens is 236 g/mol. The van der Waals surface area contributed by atoms with Crippen molar-refractivity contribution in [1.82, 2.24) is 0 Å². The molecule has 0 saturated heterocycles. The molecule has 8 nitrogen and oxygen atoms in total. The first kappa shape index (κ1) is 16.7. The second kappa shape index (κ2) is 5.55. The van der Waals surface area contributed by atoms with E-state index in [4.69, 9.17) is 30.6 Å². The van der Waals surface area contributed by atoms with E-state index in [1.54, 1.807) is 0 Å². The standard InChI is InChI=1S/C9H20O8/c1-2-3-4-5-7(11,9(15,16)17)6(10)8(12,13)14/h6,10-17H,2-5H2,1H3. The lowest BCUT2D eigenvalue weighted by atomic mass is 9.86. The smallest absolute Gasteiger partial charge is 0.309 e. The minimum atomic E-state index is -3.79. The molecule has 0 aromatic heterocycles. The lowest BCUT2D eigenvalue weighted by molar-refractivity contribution is -0.454. The summed E-state index contributed by atoms with van der Waals surface area (Å²) >= 11 is 0. The fourth-order valence-electron chi connectivity index (χ4n) is 1.45. The monoisotopic (exact) mass is 256 g/mol. The van der Waals surface area contributed by atoms with Gasteiger partial charge in [0, 0.05) is 0 Å². The molecule has 8 N–H and O–H groups in total. The summed E-state index contributed by atoms with van der Waals surface area (Å²) in [5.41, 5.74) is -3.10. The number of unbranched alkanes of at least 4 members (excludes halogenated alkanes) is 2. The number of aliphatic hydroxyl groups excluding tert-OH is 1. The van der Waals surface area contributed by atoms with Gasteiger partial charge in [-0.2, -0.15) is 0 Å². The fraction of sp³-hybridized carbons (Fsp3) is 1.00. The molecule has 8 heteroatoms. The van der Waals surface area contributed by atoms with Gasteiger partial charge in [-0.25, -0.2) is 0 Å². The van der Waals surface area contributed by atoms with Crippen molar-refractivity contribution in [2.75, 3.05) is 0 Å². The molecule has 0 aliphatic carbocycles. The van der Waals surface area contributed by atoms with Crippen LogP contribution in [0.1, 0.15) is 32.6 Å². The zero-order valence-corrected chi connectivity index (χ0v) is 9.48. The van der Waals surface area contributed by atoms with Gasteiger partial charge in [0.2, 0.25) is 0 Å². The number of hydrogen-bond acceptors (Lipinski definition) is 8. The van der Waals surface area contributed by atoms with Crippen molar-refractivity contribution in [1.29, 1.82) is 0 Å². The Bertz CT molecular complexity index is 230. The first-order chi connectivity index (χ1) is 7.47. The molecule has 104 valence electrons. The van der Waals surface area contributed by atoms with Crippen LogP contribution < -0.4 is 0 Å². The lowest BCUT2D eigenvalue weighted by Gasteiger charge is -2.41. The molecule has 0 fully saturated rings. The van der Waals surface area contributed by atoms with Crippen molar-refractivity contribution in [3.05, 3.63) is 0 Å². The Hall–Kier alpha value is -0.320. The molecule has 17 heavy (non-hydrogen) atoms. The zero-order chi connectivity index (χ0) is 13.9. The Morgan fingerprint density at radius 3 is 1.65 bits per heavy atom. The average molecular weight is 256 g/mol. The van der Waals surface area contributed by atoms with Gasteiger partial charge >= 0.3 is 11.9 Å². The molecule has 0 heterocycles. The van der Waals surface area contributed by atoms with Crippen LogP contribution in [0, 0.1) is 0 Å². The Morgan fingerprint density at radius 1 is 0.882 bits per heavy atom. The molecule has 0 rings (SSSR count). The van der Waals surface area contributed by atoms with Crippen molar-refractivity contribution in [2.45, 2.75) is 56.3 Å². The van der Waals surface area contributed by atoms with E-state index in [1.807, 2.05) is 6.92 Å². The molecule has 0 bridgehead atoms. The Labute approximate surface area is 98.0 Å². The van der Waals surface area contributed by atoms with Crippen LogP contribution in [0.4, 0.5) is 0 Å². The third-order valence-corrected chi connectivity index (χ3v) is 2.56. The molecule has 0 aliphatic rings. The number of hydrogen-bond donors (Lipinski definition) is 8. The summed E-state index contributed by atoms with van der Waals surface area (Å²) < 4.78 is 0. The molecular formula is C9H20O8. The fourth-order valence-corrected chi connectivity index (χ4v) is 1.45. The van der Waals surface area contributed by atoms with Crippen LogP contribution in [0.2, 0.25) is 0 Å². The second-order valence-electron chi connectivity index (χ2n) is 4.11. The number of rotatable bonds is 7. The average Bonchev–Trinajstić information content (AvgIpc) is 2.13. The van der Waals surface area contributed by atoms with E-state index in [-0.39, 0.29) is 6.42 Å². The highest BCUT2D eigenvalue weighted by molar-refractivity contribution is 4.95. The normalized spacial score (nSPS) is 18.9. The van der Waals surface area contributed by atoms with Gasteiger partial charge in [0.15, 0.2) is 11.7 Å². The van der Waals surface area contributed by atoms with Crippen molar-refractivity contribution in [3.8, 4) is 0 Å². The third kappa shape index (κ3) is 4.12. The third-order valence-electron chi connectivity index (χ3n) is 2.56. The van der Waals surface area contributed by atoms with E-state index in [0.29, 0.717) is 12.8 Å². The van der Waals surface area contributed by atoms with E-state index in [9.17, 15) is 10.2 Å². The summed E-state index contributed by atoms with van der Waals surface area (Å²) in [7, 11) is 0. The van der Waals surface area contributed by atoms with Gasteiger partial charge in [-0.1, -0.05) is 26.2 Å². The maximum absolute atomic E-state index is 9.70. The molecule has 0 radical (unpaired) electrons.